The van der Waals surface area contributed by atoms with E-state index in [1.54, 1.807) is 18.3 Å². The molecule has 0 aliphatic carbocycles. The fourth-order valence-corrected chi connectivity index (χ4v) is 2.71. The molecule has 7 nitrogen and oxygen atoms in total. The van der Waals surface area contributed by atoms with Crippen molar-refractivity contribution in [2.24, 2.45) is 0 Å². The highest BCUT2D eigenvalue weighted by Gasteiger charge is 2.16. The van der Waals surface area contributed by atoms with Crippen molar-refractivity contribution in [3.63, 3.8) is 0 Å². The van der Waals surface area contributed by atoms with Crippen LogP contribution in [0.2, 0.25) is 0 Å². The number of rotatable bonds is 3. The van der Waals surface area contributed by atoms with Gasteiger partial charge in [0.25, 0.3) is 5.91 Å². The predicted molar refractivity (Wildman–Crippen MR) is 100 cm³/mol. The van der Waals surface area contributed by atoms with Gasteiger partial charge in [0.05, 0.1) is 5.52 Å². The molecule has 7 heteroatoms. The van der Waals surface area contributed by atoms with Gasteiger partial charge in [0.15, 0.2) is 0 Å². The van der Waals surface area contributed by atoms with E-state index in [0.717, 1.165) is 26.8 Å². The first kappa shape index (κ1) is 15.8. The van der Waals surface area contributed by atoms with Crippen molar-refractivity contribution in [2.45, 2.75) is 6.92 Å². The van der Waals surface area contributed by atoms with Crippen LogP contribution in [-0.2, 0) is 0 Å². The Hall–Kier alpha value is -3.74. The van der Waals surface area contributed by atoms with Crippen molar-refractivity contribution < 1.29 is 4.79 Å². The average Bonchev–Trinajstić information content (AvgIpc) is 3.01. The predicted octanol–water partition coefficient (Wildman–Crippen LogP) is 3.15. The largest absolute Gasteiger partial charge is 0.368 e. The van der Waals surface area contributed by atoms with Gasteiger partial charge >= 0.3 is 0 Å². The third-order valence-electron chi connectivity index (χ3n) is 3.95. The lowest BCUT2D eigenvalue weighted by atomic mass is 10.1. The van der Waals surface area contributed by atoms with E-state index in [1.165, 1.54) is 0 Å². The van der Waals surface area contributed by atoms with E-state index in [9.17, 15) is 4.79 Å². The molecule has 0 saturated heterocycles. The lowest BCUT2D eigenvalue weighted by Gasteiger charge is -2.04. The average molecular weight is 344 g/mol. The van der Waals surface area contributed by atoms with Gasteiger partial charge in [0.2, 0.25) is 11.9 Å². The number of fused-ring (bicyclic) bond motifs is 1. The van der Waals surface area contributed by atoms with E-state index in [2.05, 4.69) is 20.4 Å². The molecule has 0 bridgehead atoms. The quantitative estimate of drug-likeness (QED) is 0.592. The van der Waals surface area contributed by atoms with E-state index >= 15 is 0 Å². The highest BCUT2D eigenvalue weighted by Crippen LogP contribution is 2.20. The maximum Gasteiger partial charge on any atom is 0.281 e. The zero-order chi connectivity index (χ0) is 18.1. The fourth-order valence-electron chi connectivity index (χ4n) is 2.71. The van der Waals surface area contributed by atoms with E-state index in [0.29, 0.717) is 5.56 Å². The molecule has 0 spiro atoms. The van der Waals surface area contributed by atoms with Gasteiger partial charge in [0.1, 0.15) is 0 Å². The first-order valence-electron chi connectivity index (χ1n) is 8.06. The maximum atomic E-state index is 12.6. The molecular formula is C19H16N6O. The molecule has 0 amide bonds. The second-order valence-corrected chi connectivity index (χ2v) is 5.92. The number of nitrogens with one attached hydrogen (secondary N) is 1. The van der Waals surface area contributed by atoms with Crippen molar-refractivity contribution in [3.05, 3.63) is 71.9 Å². The summed E-state index contributed by atoms with van der Waals surface area (Å²) < 4.78 is 1.10. The van der Waals surface area contributed by atoms with E-state index in [-0.39, 0.29) is 17.8 Å². The second-order valence-electron chi connectivity index (χ2n) is 5.92. The third kappa shape index (κ3) is 2.98. The molecule has 0 fully saturated rings. The van der Waals surface area contributed by atoms with Gasteiger partial charge in [-0.25, -0.2) is 0 Å². The SMILES string of the molecule is Cc1cccc(C(=O)n2nc(Nc3ccc4ncccc4c3)nc2N)c1. The summed E-state index contributed by atoms with van der Waals surface area (Å²) in [6.07, 6.45) is 1.75. The molecular weight excluding hydrogens is 328 g/mol. The fraction of sp³-hybridized carbons (Fsp3) is 0.0526. The van der Waals surface area contributed by atoms with E-state index in [4.69, 9.17) is 5.73 Å². The number of anilines is 3. The standard InChI is InChI=1S/C19H16N6O/c1-12-4-2-5-14(10-12)17(26)25-18(20)23-19(24-25)22-15-7-8-16-13(11-15)6-3-9-21-16/h2-11H,1H3,(H3,20,22,23,24). The summed E-state index contributed by atoms with van der Waals surface area (Å²) in [5.74, 6) is -0.0392. The Morgan fingerprint density at radius 3 is 2.85 bits per heavy atom. The topological polar surface area (TPSA) is 98.7 Å². The van der Waals surface area contributed by atoms with Gasteiger partial charge in [-0.15, -0.1) is 5.10 Å². The number of hydrogen-bond donors (Lipinski definition) is 2. The zero-order valence-corrected chi connectivity index (χ0v) is 14.0. The molecule has 2 heterocycles. The van der Waals surface area contributed by atoms with Crippen molar-refractivity contribution in [1.29, 1.82) is 0 Å². The van der Waals surface area contributed by atoms with Crippen LogP contribution in [0, 0.1) is 6.92 Å². The van der Waals surface area contributed by atoms with E-state index in [1.807, 2.05) is 49.4 Å². The third-order valence-corrected chi connectivity index (χ3v) is 3.95. The summed E-state index contributed by atoms with van der Waals surface area (Å²) in [5, 5.41) is 8.25. The van der Waals surface area contributed by atoms with Gasteiger partial charge < -0.3 is 11.1 Å². The van der Waals surface area contributed by atoms with Gasteiger partial charge in [-0.1, -0.05) is 23.8 Å². The zero-order valence-electron chi connectivity index (χ0n) is 14.0. The first-order chi connectivity index (χ1) is 12.6. The monoisotopic (exact) mass is 344 g/mol. The summed E-state index contributed by atoms with van der Waals surface area (Å²) in [6.45, 7) is 1.92. The van der Waals surface area contributed by atoms with E-state index < -0.39 is 0 Å². The highest BCUT2D eigenvalue weighted by molar-refractivity contribution is 5.97. The Balaban J connectivity index is 1.62. The smallest absolute Gasteiger partial charge is 0.281 e. The molecule has 0 atom stereocenters. The van der Waals surface area contributed by atoms with Crippen molar-refractivity contribution in [2.75, 3.05) is 11.1 Å². The molecule has 0 saturated carbocycles. The van der Waals surface area contributed by atoms with Crippen LogP contribution in [0.25, 0.3) is 10.9 Å². The van der Waals surface area contributed by atoms with Crippen LogP contribution < -0.4 is 11.1 Å². The van der Waals surface area contributed by atoms with Crippen LogP contribution in [0.4, 0.5) is 17.6 Å². The highest BCUT2D eigenvalue weighted by atomic mass is 16.2. The van der Waals surface area contributed by atoms with Crippen LogP contribution in [0.15, 0.2) is 60.8 Å². The Morgan fingerprint density at radius 2 is 2.00 bits per heavy atom. The molecule has 3 N–H and O–H groups in total. The van der Waals surface area contributed by atoms with Crippen LogP contribution >= 0.6 is 0 Å². The summed E-state index contributed by atoms with van der Waals surface area (Å²) >= 11 is 0. The van der Waals surface area contributed by atoms with Crippen molar-refractivity contribution >= 4 is 34.4 Å². The molecule has 0 unspecified atom stereocenters. The molecule has 0 aliphatic heterocycles. The van der Waals surface area contributed by atoms with Gasteiger partial charge in [0, 0.05) is 22.8 Å². The molecule has 2 aromatic carbocycles. The molecule has 0 aliphatic rings. The van der Waals surface area contributed by atoms with Crippen LogP contribution in [0.3, 0.4) is 0 Å². The lowest BCUT2D eigenvalue weighted by molar-refractivity contribution is 0.0948. The Morgan fingerprint density at radius 1 is 1.12 bits per heavy atom. The lowest BCUT2D eigenvalue weighted by Crippen LogP contribution is -2.16. The Kier molecular flexibility index (Phi) is 3.81. The molecule has 128 valence electrons. The van der Waals surface area contributed by atoms with Gasteiger partial charge in [-0.3, -0.25) is 9.78 Å². The summed E-state index contributed by atoms with van der Waals surface area (Å²) in [5.41, 5.74) is 9.05. The first-order valence-corrected chi connectivity index (χ1v) is 8.06. The normalized spacial score (nSPS) is 10.8. The molecule has 4 aromatic rings. The number of aromatic nitrogens is 4. The number of carbonyl (C=O) groups is 1. The summed E-state index contributed by atoms with van der Waals surface area (Å²) in [4.78, 5) is 21.0. The molecule has 2 aromatic heterocycles. The molecule has 4 rings (SSSR count). The molecule has 0 radical (unpaired) electrons. The van der Waals surface area contributed by atoms with Crippen molar-refractivity contribution in [3.8, 4) is 0 Å². The number of hydrogen-bond acceptors (Lipinski definition) is 6. The van der Waals surface area contributed by atoms with Crippen LogP contribution in [-0.4, -0.2) is 25.7 Å². The minimum atomic E-state index is -0.325. The van der Waals surface area contributed by atoms with Gasteiger partial charge in [-0.05, 0) is 43.3 Å². The number of nitrogens with two attached hydrogens (primary N) is 1. The minimum Gasteiger partial charge on any atom is -0.368 e. The number of nitrogens with zero attached hydrogens (tertiary/aromatic N) is 4. The minimum absolute atomic E-state index is 0.0291. The number of nitrogen functional groups attached to an aromatic ring is 1. The number of aryl methyl sites for hydroxylation is 1. The summed E-state index contributed by atoms with van der Waals surface area (Å²) in [7, 11) is 0. The molecule has 26 heavy (non-hydrogen) atoms. The van der Waals surface area contributed by atoms with Crippen molar-refractivity contribution in [1.82, 2.24) is 19.7 Å². The van der Waals surface area contributed by atoms with Crippen LogP contribution in [0.1, 0.15) is 15.9 Å². The number of pyridine rings is 1. The summed E-state index contributed by atoms with van der Waals surface area (Å²) in [6, 6.07) is 16.8. The second kappa shape index (κ2) is 6.29. The van der Waals surface area contributed by atoms with Crippen LogP contribution in [0.5, 0.6) is 0 Å². The van der Waals surface area contributed by atoms with Gasteiger partial charge in [-0.2, -0.15) is 9.67 Å². The number of carbonyl (C=O) groups excluding carboxylic acids is 1. The Labute approximate surface area is 149 Å². The number of benzene rings is 2. The maximum absolute atomic E-state index is 12.6. The Bertz CT molecular complexity index is 1120.